The molecule has 0 aliphatic heterocycles. The van der Waals surface area contributed by atoms with Crippen LogP contribution in [-0.2, 0) is 17.8 Å². The molecule has 1 aromatic rings. The van der Waals surface area contributed by atoms with Gasteiger partial charge in [0.15, 0.2) is 0 Å². The molecule has 0 aliphatic carbocycles. The first-order valence-electron chi connectivity index (χ1n) is 5.06. The Balaban J connectivity index is 2.33. The number of nitrogens with zero attached hydrogens (tertiary/aromatic N) is 1. The maximum atomic E-state index is 10.6. The Labute approximate surface area is 93.9 Å². The number of carbonyl (C=O) groups is 1. The molecule has 3 N–H and O–H groups in total. The van der Waals surface area contributed by atoms with Crippen LogP contribution in [0, 0.1) is 0 Å². The minimum atomic E-state index is -0.275. The van der Waals surface area contributed by atoms with E-state index in [1.807, 2.05) is 12.3 Å². The maximum absolute atomic E-state index is 10.6. The largest absolute Gasteiger partial charge is 0.370 e. The van der Waals surface area contributed by atoms with Crippen molar-refractivity contribution < 1.29 is 4.79 Å². The third-order valence-corrected chi connectivity index (χ3v) is 3.08. The summed E-state index contributed by atoms with van der Waals surface area (Å²) in [5.41, 5.74) is 6.13. The van der Waals surface area contributed by atoms with Crippen LogP contribution in [0.2, 0.25) is 0 Å². The van der Waals surface area contributed by atoms with Gasteiger partial charge in [0.25, 0.3) is 0 Å². The Morgan fingerprint density at radius 1 is 1.73 bits per heavy atom. The van der Waals surface area contributed by atoms with Crippen LogP contribution in [0.5, 0.6) is 0 Å². The molecule has 0 saturated heterocycles. The van der Waals surface area contributed by atoms with E-state index in [-0.39, 0.29) is 11.9 Å². The number of amides is 1. The lowest BCUT2D eigenvalue weighted by Gasteiger charge is -2.09. The van der Waals surface area contributed by atoms with Gasteiger partial charge < -0.3 is 11.1 Å². The summed E-state index contributed by atoms with van der Waals surface area (Å²) in [6.45, 7) is 4.73. The molecule has 1 rings (SSSR count). The van der Waals surface area contributed by atoms with Crippen molar-refractivity contribution >= 4 is 17.2 Å². The smallest absolute Gasteiger partial charge is 0.218 e. The van der Waals surface area contributed by atoms with Crippen LogP contribution in [0.3, 0.4) is 0 Å². The van der Waals surface area contributed by atoms with E-state index in [1.54, 1.807) is 11.3 Å². The number of rotatable bonds is 6. The van der Waals surface area contributed by atoms with Gasteiger partial charge in [-0.3, -0.25) is 4.79 Å². The Morgan fingerprint density at radius 3 is 3.00 bits per heavy atom. The van der Waals surface area contributed by atoms with E-state index in [4.69, 9.17) is 5.73 Å². The SMILES string of the molecule is CCc1nc(CNC(C)CC(N)=O)cs1. The third-order valence-electron chi connectivity index (χ3n) is 2.04. The second-order valence-electron chi connectivity index (χ2n) is 3.54. The molecule has 0 radical (unpaired) electrons. The van der Waals surface area contributed by atoms with Crippen LogP contribution in [0.25, 0.3) is 0 Å². The molecule has 0 aliphatic rings. The molecule has 1 aromatic heterocycles. The lowest BCUT2D eigenvalue weighted by atomic mass is 10.2. The molecule has 0 aromatic carbocycles. The first kappa shape index (κ1) is 12.1. The molecule has 1 amide bonds. The van der Waals surface area contributed by atoms with Crippen LogP contribution in [-0.4, -0.2) is 16.9 Å². The van der Waals surface area contributed by atoms with Crippen molar-refractivity contribution in [2.75, 3.05) is 0 Å². The maximum Gasteiger partial charge on any atom is 0.218 e. The molecule has 84 valence electrons. The number of thiazole rings is 1. The van der Waals surface area contributed by atoms with Crippen LogP contribution >= 0.6 is 11.3 Å². The number of hydrogen-bond acceptors (Lipinski definition) is 4. The Bertz CT molecular complexity index is 324. The van der Waals surface area contributed by atoms with Crippen molar-refractivity contribution in [1.82, 2.24) is 10.3 Å². The first-order chi connectivity index (χ1) is 7.11. The zero-order chi connectivity index (χ0) is 11.3. The van der Waals surface area contributed by atoms with Gasteiger partial charge in [0.05, 0.1) is 10.7 Å². The molecular weight excluding hydrogens is 210 g/mol. The molecule has 1 unspecified atom stereocenters. The predicted octanol–water partition coefficient (Wildman–Crippen LogP) is 1.06. The van der Waals surface area contributed by atoms with E-state index in [0.717, 1.165) is 17.1 Å². The van der Waals surface area contributed by atoms with E-state index < -0.39 is 0 Å². The average Bonchev–Trinajstić information content (AvgIpc) is 2.61. The summed E-state index contributed by atoms with van der Waals surface area (Å²) in [6.07, 6.45) is 1.34. The molecule has 0 saturated carbocycles. The highest BCUT2D eigenvalue weighted by molar-refractivity contribution is 7.09. The van der Waals surface area contributed by atoms with Crippen molar-refractivity contribution in [3.05, 3.63) is 16.1 Å². The molecule has 0 fully saturated rings. The van der Waals surface area contributed by atoms with E-state index in [9.17, 15) is 4.79 Å². The molecule has 0 spiro atoms. The van der Waals surface area contributed by atoms with E-state index >= 15 is 0 Å². The first-order valence-corrected chi connectivity index (χ1v) is 5.94. The molecule has 0 bridgehead atoms. The minimum absolute atomic E-state index is 0.106. The number of primary amides is 1. The van der Waals surface area contributed by atoms with E-state index in [0.29, 0.717) is 13.0 Å². The zero-order valence-corrected chi connectivity index (χ0v) is 9.93. The van der Waals surface area contributed by atoms with Crippen LogP contribution < -0.4 is 11.1 Å². The summed E-state index contributed by atoms with van der Waals surface area (Å²) < 4.78 is 0. The van der Waals surface area contributed by atoms with Gasteiger partial charge in [-0.25, -0.2) is 4.98 Å². The van der Waals surface area contributed by atoms with Gasteiger partial charge in [-0.2, -0.15) is 0 Å². The number of aryl methyl sites for hydroxylation is 1. The van der Waals surface area contributed by atoms with Crippen LogP contribution in [0.4, 0.5) is 0 Å². The molecule has 1 atom stereocenters. The summed E-state index contributed by atoms with van der Waals surface area (Å²) in [4.78, 5) is 15.1. The standard InChI is InChI=1S/C10H17N3OS/c1-3-10-13-8(6-15-10)5-12-7(2)4-9(11)14/h6-7,12H,3-5H2,1-2H3,(H2,11,14). The normalized spacial score (nSPS) is 12.7. The Kier molecular flexibility index (Phi) is 4.71. The number of nitrogens with one attached hydrogen (secondary N) is 1. The van der Waals surface area contributed by atoms with Gasteiger partial charge in [-0.05, 0) is 13.3 Å². The topological polar surface area (TPSA) is 68.0 Å². The molecule has 5 heteroatoms. The summed E-state index contributed by atoms with van der Waals surface area (Å²) in [6, 6.07) is 0.106. The fourth-order valence-corrected chi connectivity index (χ4v) is 1.99. The molecule has 1 heterocycles. The van der Waals surface area contributed by atoms with Crippen molar-refractivity contribution in [1.29, 1.82) is 0 Å². The van der Waals surface area contributed by atoms with Crippen LogP contribution in [0.1, 0.15) is 31.0 Å². The predicted molar refractivity (Wildman–Crippen MR) is 61.6 cm³/mol. The lowest BCUT2D eigenvalue weighted by Crippen LogP contribution is -2.30. The van der Waals surface area contributed by atoms with Crippen LogP contribution in [0.15, 0.2) is 5.38 Å². The Hall–Kier alpha value is -0.940. The highest BCUT2D eigenvalue weighted by Gasteiger charge is 2.06. The third kappa shape index (κ3) is 4.40. The molecule has 4 nitrogen and oxygen atoms in total. The highest BCUT2D eigenvalue weighted by atomic mass is 32.1. The average molecular weight is 227 g/mol. The zero-order valence-electron chi connectivity index (χ0n) is 9.12. The summed E-state index contributed by atoms with van der Waals surface area (Å²) in [7, 11) is 0. The van der Waals surface area contributed by atoms with Gasteiger partial charge in [0.2, 0.25) is 5.91 Å². The van der Waals surface area contributed by atoms with Crippen molar-refractivity contribution in [2.45, 2.75) is 39.3 Å². The van der Waals surface area contributed by atoms with Crippen molar-refractivity contribution in [3.8, 4) is 0 Å². The number of nitrogens with two attached hydrogens (primary N) is 1. The number of hydrogen-bond donors (Lipinski definition) is 2. The highest BCUT2D eigenvalue weighted by Crippen LogP contribution is 2.10. The molecular formula is C10H17N3OS. The Morgan fingerprint density at radius 2 is 2.47 bits per heavy atom. The van der Waals surface area contributed by atoms with E-state index in [2.05, 4.69) is 17.2 Å². The quantitative estimate of drug-likeness (QED) is 0.763. The fourth-order valence-electron chi connectivity index (χ4n) is 1.25. The number of carbonyl (C=O) groups excluding carboxylic acids is 1. The van der Waals surface area contributed by atoms with Gasteiger partial charge in [0.1, 0.15) is 0 Å². The second-order valence-corrected chi connectivity index (χ2v) is 4.48. The summed E-state index contributed by atoms with van der Waals surface area (Å²) >= 11 is 1.67. The van der Waals surface area contributed by atoms with Gasteiger partial charge in [0, 0.05) is 24.4 Å². The monoisotopic (exact) mass is 227 g/mol. The minimum Gasteiger partial charge on any atom is -0.370 e. The van der Waals surface area contributed by atoms with Crippen molar-refractivity contribution in [3.63, 3.8) is 0 Å². The van der Waals surface area contributed by atoms with Gasteiger partial charge in [-0.15, -0.1) is 11.3 Å². The fraction of sp³-hybridized carbons (Fsp3) is 0.600. The second kappa shape index (κ2) is 5.82. The van der Waals surface area contributed by atoms with Gasteiger partial charge in [-0.1, -0.05) is 6.92 Å². The number of aromatic nitrogens is 1. The summed E-state index contributed by atoms with van der Waals surface area (Å²) in [5.74, 6) is -0.275. The van der Waals surface area contributed by atoms with Gasteiger partial charge >= 0.3 is 0 Å². The summed E-state index contributed by atoms with van der Waals surface area (Å²) in [5, 5.41) is 6.40. The van der Waals surface area contributed by atoms with Crippen molar-refractivity contribution in [2.24, 2.45) is 5.73 Å². The lowest BCUT2D eigenvalue weighted by molar-refractivity contribution is -0.118. The van der Waals surface area contributed by atoms with E-state index in [1.165, 1.54) is 0 Å². The molecule has 15 heavy (non-hydrogen) atoms.